The molecule has 0 radical (unpaired) electrons. The third-order valence-corrected chi connectivity index (χ3v) is 5.36. The standard InChI is InChI=1S/C23H22ClF3N4O3/c1-4-34-15-7-5-6-14(11-15)18-29-19(31-21(33)30-18)16-10-13(8-9-17(16)24)12-28-20(32)22(2,3)23(25,26)27/h5-11H,4,12H2,1-3H3,(H,28,32)(H,29,30,31,33). The first kappa shape index (κ1) is 25.2. The fraction of sp³-hybridized carbons (Fsp3) is 0.304. The van der Waals surface area contributed by atoms with Crippen molar-refractivity contribution in [3.63, 3.8) is 0 Å². The Bertz CT molecular complexity index is 1200. The van der Waals surface area contributed by atoms with Crippen LogP contribution in [0.5, 0.6) is 11.8 Å². The van der Waals surface area contributed by atoms with E-state index in [2.05, 4.69) is 20.3 Å². The Morgan fingerprint density at radius 2 is 1.79 bits per heavy atom. The predicted octanol–water partition coefficient (Wildman–Crippen LogP) is 5.17. The second kappa shape index (κ2) is 9.84. The molecular formula is C23H22ClF3N4O3. The van der Waals surface area contributed by atoms with Crippen LogP contribution in [0.15, 0.2) is 42.5 Å². The summed E-state index contributed by atoms with van der Waals surface area (Å²) in [6, 6.07) is 11.0. The molecule has 1 heterocycles. The number of nitrogens with zero attached hydrogens (tertiary/aromatic N) is 3. The summed E-state index contributed by atoms with van der Waals surface area (Å²) in [4.78, 5) is 24.4. The van der Waals surface area contributed by atoms with Crippen molar-refractivity contribution in [2.45, 2.75) is 33.5 Å². The minimum absolute atomic E-state index is 0.0538. The molecule has 180 valence electrons. The number of carbonyl (C=O) groups is 1. The lowest BCUT2D eigenvalue weighted by molar-refractivity contribution is -0.211. The van der Waals surface area contributed by atoms with Gasteiger partial charge in [0.1, 0.15) is 11.2 Å². The molecule has 0 fully saturated rings. The van der Waals surface area contributed by atoms with Gasteiger partial charge in [-0.3, -0.25) is 4.79 Å². The molecule has 2 aromatic carbocycles. The SMILES string of the molecule is CCOc1cccc(-c2nc(O)nc(-c3cc(CNC(=O)C(C)(C)C(F)(F)F)ccc3Cl)n2)c1. The van der Waals surface area contributed by atoms with Crippen molar-refractivity contribution in [2.24, 2.45) is 5.41 Å². The van der Waals surface area contributed by atoms with Gasteiger partial charge < -0.3 is 15.2 Å². The van der Waals surface area contributed by atoms with Crippen LogP contribution in [0.3, 0.4) is 0 Å². The Kier molecular flexibility index (Phi) is 7.30. The molecule has 11 heteroatoms. The van der Waals surface area contributed by atoms with Crippen LogP contribution in [0.25, 0.3) is 22.8 Å². The molecule has 7 nitrogen and oxygen atoms in total. The number of hydrogen-bond acceptors (Lipinski definition) is 6. The number of aromatic nitrogens is 3. The van der Waals surface area contributed by atoms with Crippen molar-refractivity contribution >= 4 is 17.5 Å². The van der Waals surface area contributed by atoms with Crippen LogP contribution >= 0.6 is 11.6 Å². The molecule has 0 unspecified atom stereocenters. The van der Waals surface area contributed by atoms with E-state index in [4.69, 9.17) is 16.3 Å². The number of amides is 1. The second-order valence-electron chi connectivity index (χ2n) is 7.86. The Morgan fingerprint density at radius 1 is 1.09 bits per heavy atom. The average molecular weight is 495 g/mol. The molecule has 0 aliphatic rings. The van der Waals surface area contributed by atoms with E-state index in [9.17, 15) is 23.1 Å². The fourth-order valence-corrected chi connectivity index (χ4v) is 3.09. The highest BCUT2D eigenvalue weighted by Crippen LogP contribution is 2.37. The highest BCUT2D eigenvalue weighted by Gasteiger charge is 2.52. The summed E-state index contributed by atoms with van der Waals surface area (Å²) >= 11 is 6.30. The molecule has 0 aliphatic carbocycles. The van der Waals surface area contributed by atoms with Gasteiger partial charge in [-0.1, -0.05) is 29.8 Å². The summed E-state index contributed by atoms with van der Waals surface area (Å²) < 4.78 is 44.8. The maximum absolute atomic E-state index is 13.1. The van der Waals surface area contributed by atoms with E-state index in [1.165, 1.54) is 12.1 Å². The number of rotatable bonds is 7. The van der Waals surface area contributed by atoms with Crippen molar-refractivity contribution < 1.29 is 27.8 Å². The van der Waals surface area contributed by atoms with Crippen LogP contribution in [0.2, 0.25) is 5.02 Å². The average Bonchev–Trinajstić information content (AvgIpc) is 2.77. The first-order valence-electron chi connectivity index (χ1n) is 10.2. The number of carbonyl (C=O) groups excluding carboxylic acids is 1. The Labute approximate surface area is 199 Å². The molecule has 0 aliphatic heterocycles. The van der Waals surface area contributed by atoms with Crippen LogP contribution in [-0.2, 0) is 11.3 Å². The number of halogens is 4. The zero-order chi connectivity index (χ0) is 25.1. The molecule has 3 aromatic rings. The predicted molar refractivity (Wildman–Crippen MR) is 120 cm³/mol. The van der Waals surface area contributed by atoms with Gasteiger partial charge in [-0.25, -0.2) is 4.98 Å². The van der Waals surface area contributed by atoms with Gasteiger partial charge in [0.25, 0.3) is 0 Å². The van der Waals surface area contributed by atoms with Crippen molar-refractivity contribution in [3.8, 4) is 34.5 Å². The van der Waals surface area contributed by atoms with Gasteiger partial charge in [-0.2, -0.15) is 23.1 Å². The summed E-state index contributed by atoms with van der Waals surface area (Å²) in [6.45, 7) is 3.76. The van der Waals surface area contributed by atoms with Gasteiger partial charge in [0.2, 0.25) is 5.91 Å². The van der Waals surface area contributed by atoms with Crippen LogP contribution in [0.4, 0.5) is 13.2 Å². The summed E-state index contributed by atoms with van der Waals surface area (Å²) in [5.41, 5.74) is -1.21. The summed E-state index contributed by atoms with van der Waals surface area (Å²) in [5, 5.41) is 12.6. The topological polar surface area (TPSA) is 97.2 Å². The largest absolute Gasteiger partial charge is 0.494 e. The molecule has 34 heavy (non-hydrogen) atoms. The van der Waals surface area contributed by atoms with Gasteiger partial charge in [-0.05, 0) is 50.6 Å². The van der Waals surface area contributed by atoms with E-state index in [1.807, 2.05) is 6.92 Å². The first-order valence-corrected chi connectivity index (χ1v) is 10.6. The number of nitrogens with one attached hydrogen (secondary N) is 1. The minimum Gasteiger partial charge on any atom is -0.494 e. The number of alkyl halides is 3. The molecule has 2 N–H and O–H groups in total. The van der Waals surface area contributed by atoms with Gasteiger partial charge in [0, 0.05) is 17.7 Å². The third-order valence-electron chi connectivity index (χ3n) is 5.03. The number of aromatic hydroxyl groups is 1. The normalized spacial score (nSPS) is 11.9. The quantitative estimate of drug-likeness (QED) is 0.470. The van der Waals surface area contributed by atoms with E-state index < -0.39 is 23.5 Å². The van der Waals surface area contributed by atoms with Crippen molar-refractivity contribution in [1.29, 1.82) is 0 Å². The minimum atomic E-state index is -4.69. The van der Waals surface area contributed by atoms with Crippen LogP contribution < -0.4 is 10.1 Å². The number of ether oxygens (including phenoxy) is 1. The smallest absolute Gasteiger partial charge is 0.402 e. The maximum Gasteiger partial charge on any atom is 0.402 e. The van der Waals surface area contributed by atoms with Crippen molar-refractivity contribution in [3.05, 3.63) is 53.1 Å². The lowest BCUT2D eigenvalue weighted by Crippen LogP contribution is -2.46. The summed E-state index contributed by atoms with van der Waals surface area (Å²) in [6.07, 6.45) is -4.69. The molecule has 1 amide bonds. The zero-order valence-corrected chi connectivity index (χ0v) is 19.3. The molecule has 1 aromatic heterocycles. The highest BCUT2D eigenvalue weighted by atomic mass is 35.5. The summed E-state index contributed by atoms with van der Waals surface area (Å²) in [5.74, 6) is -0.339. The number of hydrogen-bond donors (Lipinski definition) is 2. The van der Waals surface area contributed by atoms with Gasteiger partial charge in [-0.15, -0.1) is 0 Å². The van der Waals surface area contributed by atoms with Crippen LogP contribution in [0.1, 0.15) is 26.3 Å². The molecule has 0 bridgehead atoms. The number of benzene rings is 2. The first-order chi connectivity index (χ1) is 15.9. The maximum atomic E-state index is 13.1. The van der Waals surface area contributed by atoms with Gasteiger partial charge in [0.05, 0.1) is 11.6 Å². The molecular weight excluding hydrogens is 473 g/mol. The molecule has 0 saturated heterocycles. The van der Waals surface area contributed by atoms with Gasteiger partial charge >= 0.3 is 12.2 Å². The second-order valence-corrected chi connectivity index (χ2v) is 8.27. The lowest BCUT2D eigenvalue weighted by atomic mass is 9.91. The molecule has 0 atom stereocenters. The van der Waals surface area contributed by atoms with E-state index in [-0.39, 0.29) is 23.2 Å². The van der Waals surface area contributed by atoms with E-state index >= 15 is 0 Å². The van der Waals surface area contributed by atoms with E-state index in [0.717, 1.165) is 13.8 Å². The summed E-state index contributed by atoms with van der Waals surface area (Å²) in [7, 11) is 0. The fourth-order valence-electron chi connectivity index (χ4n) is 2.89. The van der Waals surface area contributed by atoms with Crippen molar-refractivity contribution in [2.75, 3.05) is 6.61 Å². The van der Waals surface area contributed by atoms with Gasteiger partial charge in [0.15, 0.2) is 11.6 Å². The lowest BCUT2D eigenvalue weighted by Gasteiger charge is -2.26. The zero-order valence-electron chi connectivity index (χ0n) is 18.6. The highest BCUT2D eigenvalue weighted by molar-refractivity contribution is 6.33. The monoisotopic (exact) mass is 494 g/mol. The Hall–Kier alpha value is -3.40. The Balaban J connectivity index is 1.90. The van der Waals surface area contributed by atoms with Crippen molar-refractivity contribution in [1.82, 2.24) is 20.3 Å². The van der Waals surface area contributed by atoms with Crippen LogP contribution in [0, 0.1) is 5.41 Å². The Morgan fingerprint density at radius 3 is 2.47 bits per heavy atom. The van der Waals surface area contributed by atoms with E-state index in [1.54, 1.807) is 30.3 Å². The molecule has 0 spiro atoms. The van der Waals surface area contributed by atoms with E-state index in [0.29, 0.717) is 29.0 Å². The third kappa shape index (κ3) is 5.56. The molecule has 0 saturated carbocycles. The molecule has 3 rings (SSSR count). The van der Waals surface area contributed by atoms with Crippen LogP contribution in [-0.4, -0.2) is 38.7 Å².